The summed E-state index contributed by atoms with van der Waals surface area (Å²) < 4.78 is 5.48. The SMILES string of the molecule is COc1cccc(/C=C/C(=O)c2ccccc2)c1-c1ccc(O)cc1. The molecule has 0 aliphatic carbocycles. The maximum Gasteiger partial charge on any atom is 0.185 e. The lowest BCUT2D eigenvalue weighted by atomic mass is 9.97. The summed E-state index contributed by atoms with van der Waals surface area (Å²) in [5.41, 5.74) is 3.30. The summed E-state index contributed by atoms with van der Waals surface area (Å²) in [4.78, 5) is 12.3. The minimum atomic E-state index is -0.0555. The number of ether oxygens (including phenoxy) is 1. The Morgan fingerprint density at radius 1 is 0.920 bits per heavy atom. The predicted molar refractivity (Wildman–Crippen MR) is 99.9 cm³/mol. The normalized spacial score (nSPS) is 10.8. The molecule has 25 heavy (non-hydrogen) atoms. The van der Waals surface area contributed by atoms with E-state index in [1.165, 1.54) is 0 Å². The number of allylic oxidation sites excluding steroid dienone is 1. The third-order valence-corrected chi connectivity index (χ3v) is 3.91. The Labute approximate surface area is 146 Å². The first-order valence-electron chi connectivity index (χ1n) is 7.93. The van der Waals surface area contributed by atoms with Crippen LogP contribution in [0.15, 0.2) is 78.9 Å². The van der Waals surface area contributed by atoms with E-state index in [1.807, 2.05) is 48.5 Å². The zero-order chi connectivity index (χ0) is 17.6. The zero-order valence-electron chi connectivity index (χ0n) is 13.8. The second-order valence-corrected chi connectivity index (χ2v) is 5.53. The first-order valence-corrected chi connectivity index (χ1v) is 7.93. The van der Waals surface area contributed by atoms with Gasteiger partial charge in [0.1, 0.15) is 11.5 Å². The van der Waals surface area contributed by atoms with E-state index < -0.39 is 0 Å². The van der Waals surface area contributed by atoms with Crippen molar-refractivity contribution in [3.05, 3.63) is 90.0 Å². The molecule has 3 nitrogen and oxygen atoms in total. The molecule has 0 spiro atoms. The third-order valence-electron chi connectivity index (χ3n) is 3.91. The number of hydrogen-bond acceptors (Lipinski definition) is 3. The molecule has 0 radical (unpaired) electrons. The van der Waals surface area contributed by atoms with Gasteiger partial charge in [0.05, 0.1) is 7.11 Å². The topological polar surface area (TPSA) is 46.5 Å². The van der Waals surface area contributed by atoms with E-state index in [0.717, 1.165) is 16.7 Å². The Balaban J connectivity index is 2.00. The van der Waals surface area contributed by atoms with E-state index in [2.05, 4.69) is 0 Å². The van der Waals surface area contributed by atoms with Gasteiger partial charge in [0.25, 0.3) is 0 Å². The van der Waals surface area contributed by atoms with E-state index in [-0.39, 0.29) is 11.5 Å². The van der Waals surface area contributed by atoms with Crippen LogP contribution in [0.25, 0.3) is 17.2 Å². The highest BCUT2D eigenvalue weighted by Crippen LogP contribution is 2.35. The number of phenols is 1. The summed E-state index contributed by atoms with van der Waals surface area (Å²) in [6.07, 6.45) is 3.36. The molecular weight excluding hydrogens is 312 g/mol. The van der Waals surface area contributed by atoms with E-state index in [4.69, 9.17) is 4.74 Å². The van der Waals surface area contributed by atoms with Crippen LogP contribution >= 0.6 is 0 Å². The molecule has 0 unspecified atom stereocenters. The maximum atomic E-state index is 12.3. The summed E-state index contributed by atoms with van der Waals surface area (Å²) >= 11 is 0. The molecule has 0 aliphatic heterocycles. The Bertz CT molecular complexity index is 894. The highest BCUT2D eigenvalue weighted by atomic mass is 16.5. The van der Waals surface area contributed by atoms with Gasteiger partial charge < -0.3 is 9.84 Å². The van der Waals surface area contributed by atoms with Crippen molar-refractivity contribution in [2.75, 3.05) is 7.11 Å². The highest BCUT2D eigenvalue weighted by molar-refractivity contribution is 6.07. The van der Waals surface area contributed by atoms with Gasteiger partial charge in [-0.25, -0.2) is 0 Å². The molecule has 3 aromatic rings. The molecule has 0 amide bonds. The van der Waals surface area contributed by atoms with Crippen molar-refractivity contribution in [3.8, 4) is 22.6 Å². The van der Waals surface area contributed by atoms with Crippen LogP contribution < -0.4 is 4.74 Å². The Morgan fingerprint density at radius 2 is 1.64 bits per heavy atom. The number of benzene rings is 3. The van der Waals surface area contributed by atoms with Crippen molar-refractivity contribution >= 4 is 11.9 Å². The van der Waals surface area contributed by atoms with Crippen LogP contribution in [0.1, 0.15) is 15.9 Å². The second-order valence-electron chi connectivity index (χ2n) is 5.53. The fraction of sp³-hybridized carbons (Fsp3) is 0.0455. The van der Waals surface area contributed by atoms with Gasteiger partial charge in [-0.3, -0.25) is 4.79 Å². The summed E-state index contributed by atoms with van der Waals surface area (Å²) in [6, 6.07) is 21.7. The smallest absolute Gasteiger partial charge is 0.185 e. The molecule has 0 saturated carbocycles. The van der Waals surface area contributed by atoms with E-state index >= 15 is 0 Å². The van der Waals surface area contributed by atoms with Crippen LogP contribution in [0.5, 0.6) is 11.5 Å². The minimum absolute atomic E-state index is 0.0555. The van der Waals surface area contributed by atoms with Crippen LogP contribution in [0.3, 0.4) is 0 Å². The fourth-order valence-corrected chi connectivity index (χ4v) is 2.66. The van der Waals surface area contributed by atoms with E-state index in [9.17, 15) is 9.90 Å². The number of rotatable bonds is 5. The molecule has 0 saturated heterocycles. The second kappa shape index (κ2) is 7.49. The van der Waals surface area contributed by atoms with Crippen molar-refractivity contribution in [1.82, 2.24) is 0 Å². The van der Waals surface area contributed by atoms with Crippen molar-refractivity contribution < 1.29 is 14.6 Å². The molecule has 0 atom stereocenters. The number of aromatic hydroxyl groups is 1. The lowest BCUT2D eigenvalue weighted by Crippen LogP contribution is -1.94. The highest BCUT2D eigenvalue weighted by Gasteiger charge is 2.10. The zero-order valence-corrected chi connectivity index (χ0v) is 13.8. The number of carbonyl (C=O) groups excluding carboxylic acids is 1. The number of carbonyl (C=O) groups is 1. The van der Waals surface area contributed by atoms with Crippen molar-refractivity contribution in [3.63, 3.8) is 0 Å². The third kappa shape index (κ3) is 3.78. The minimum Gasteiger partial charge on any atom is -0.508 e. The molecule has 0 fully saturated rings. The summed E-state index contributed by atoms with van der Waals surface area (Å²) in [6.45, 7) is 0. The molecule has 0 heterocycles. The van der Waals surface area contributed by atoms with Crippen LogP contribution in [0.2, 0.25) is 0 Å². The Morgan fingerprint density at radius 3 is 2.32 bits per heavy atom. The standard InChI is InChI=1S/C22H18O3/c1-25-21-9-5-8-17(22(21)18-10-13-19(23)14-11-18)12-15-20(24)16-6-3-2-4-7-16/h2-15,23H,1H3/b15-12+. The lowest BCUT2D eigenvalue weighted by molar-refractivity contribution is 0.104. The maximum absolute atomic E-state index is 12.3. The molecule has 0 bridgehead atoms. The molecule has 124 valence electrons. The molecule has 0 aliphatic rings. The Hall–Kier alpha value is -3.33. The number of ketones is 1. The number of phenolic OH excluding ortho intramolecular Hbond substituents is 1. The van der Waals surface area contributed by atoms with Gasteiger partial charge in [-0.1, -0.05) is 60.7 Å². The summed E-state index contributed by atoms with van der Waals surface area (Å²) in [7, 11) is 1.61. The van der Waals surface area contributed by atoms with Crippen molar-refractivity contribution in [2.45, 2.75) is 0 Å². The quantitative estimate of drug-likeness (QED) is 0.531. The molecule has 0 aromatic heterocycles. The van der Waals surface area contributed by atoms with Gasteiger partial charge >= 0.3 is 0 Å². The largest absolute Gasteiger partial charge is 0.508 e. The number of hydrogen-bond donors (Lipinski definition) is 1. The average Bonchev–Trinajstić information content (AvgIpc) is 2.67. The van der Waals surface area contributed by atoms with Crippen LogP contribution in [-0.2, 0) is 0 Å². The molecule has 3 heteroatoms. The van der Waals surface area contributed by atoms with Gasteiger partial charge in [-0.15, -0.1) is 0 Å². The fourth-order valence-electron chi connectivity index (χ4n) is 2.66. The van der Waals surface area contributed by atoms with E-state index in [1.54, 1.807) is 43.5 Å². The Kier molecular flexibility index (Phi) is 4.95. The van der Waals surface area contributed by atoms with Crippen molar-refractivity contribution in [1.29, 1.82) is 0 Å². The summed E-state index contributed by atoms with van der Waals surface area (Å²) in [5, 5.41) is 9.51. The monoisotopic (exact) mass is 330 g/mol. The molecule has 3 aromatic carbocycles. The van der Waals surface area contributed by atoms with Crippen LogP contribution in [0.4, 0.5) is 0 Å². The average molecular weight is 330 g/mol. The first kappa shape index (κ1) is 16.5. The van der Waals surface area contributed by atoms with Gasteiger partial charge in [-0.2, -0.15) is 0 Å². The predicted octanol–water partition coefficient (Wildman–Crippen LogP) is 4.96. The molecule has 1 N–H and O–H groups in total. The van der Waals surface area contributed by atoms with Gasteiger partial charge in [0, 0.05) is 11.1 Å². The molecular formula is C22H18O3. The van der Waals surface area contributed by atoms with E-state index in [0.29, 0.717) is 11.3 Å². The summed E-state index contributed by atoms with van der Waals surface area (Å²) in [5.74, 6) is 0.857. The van der Waals surface area contributed by atoms with Crippen LogP contribution in [-0.4, -0.2) is 18.0 Å². The van der Waals surface area contributed by atoms with Gasteiger partial charge in [0.15, 0.2) is 5.78 Å². The lowest BCUT2D eigenvalue weighted by Gasteiger charge is -2.12. The van der Waals surface area contributed by atoms with Crippen LogP contribution in [0, 0.1) is 0 Å². The van der Waals surface area contributed by atoms with Gasteiger partial charge in [-0.05, 0) is 35.4 Å². The first-order chi connectivity index (χ1) is 12.2. The van der Waals surface area contributed by atoms with Crippen molar-refractivity contribution in [2.24, 2.45) is 0 Å². The van der Waals surface area contributed by atoms with Gasteiger partial charge in [0.2, 0.25) is 0 Å². The number of methoxy groups -OCH3 is 1. The molecule has 3 rings (SSSR count).